The summed E-state index contributed by atoms with van der Waals surface area (Å²) in [6, 6.07) is 0.462. The van der Waals surface area contributed by atoms with Crippen molar-refractivity contribution in [2.45, 2.75) is 25.5 Å². The van der Waals surface area contributed by atoms with Crippen molar-refractivity contribution in [3.05, 3.63) is 0 Å². The summed E-state index contributed by atoms with van der Waals surface area (Å²) in [6.07, 6.45) is 1.15. The molecule has 0 aromatic rings. The van der Waals surface area contributed by atoms with E-state index < -0.39 is 0 Å². The molecule has 0 amide bonds. The molecule has 10 heavy (non-hydrogen) atoms. The number of likely N-dealkylation sites (N-methyl/N-ethyl adjacent to an activating group) is 1. The van der Waals surface area contributed by atoms with E-state index in [4.69, 9.17) is 4.74 Å². The molecule has 0 spiro atoms. The first-order valence-corrected chi connectivity index (χ1v) is 3.45. The Bertz CT molecular complexity index is 145. The third-order valence-electron chi connectivity index (χ3n) is 1.68. The summed E-state index contributed by atoms with van der Waals surface area (Å²) in [5.41, 5.74) is 0. The highest BCUT2D eigenvalue weighted by atomic mass is 16.5. The molecule has 2 atom stereocenters. The Balaban J connectivity index is 2.19. The van der Waals surface area contributed by atoms with Crippen LogP contribution in [0.5, 0.6) is 0 Å². The minimum atomic E-state index is -0.172. The topological polar surface area (TPSA) is 29.5 Å². The van der Waals surface area contributed by atoms with Gasteiger partial charge in [-0.25, -0.2) is 0 Å². The monoisotopic (exact) mass is 143 g/mol. The van der Waals surface area contributed by atoms with E-state index in [1.807, 2.05) is 14.1 Å². The molecule has 3 heteroatoms. The van der Waals surface area contributed by atoms with Gasteiger partial charge in [-0.1, -0.05) is 0 Å². The average molecular weight is 143 g/mol. The number of hydrogen-bond acceptors (Lipinski definition) is 3. The van der Waals surface area contributed by atoms with E-state index in [-0.39, 0.29) is 12.1 Å². The van der Waals surface area contributed by atoms with Gasteiger partial charge < -0.3 is 9.64 Å². The molecule has 1 fully saturated rings. The molecule has 1 saturated carbocycles. The lowest BCUT2D eigenvalue weighted by Gasteiger charge is -2.07. The maximum absolute atomic E-state index is 10.4. The van der Waals surface area contributed by atoms with E-state index in [1.165, 1.54) is 6.92 Å². The molecule has 0 radical (unpaired) electrons. The second-order valence-electron chi connectivity index (χ2n) is 2.91. The lowest BCUT2D eigenvalue weighted by Crippen LogP contribution is -2.19. The minimum Gasteiger partial charge on any atom is -0.461 e. The Morgan fingerprint density at radius 1 is 1.60 bits per heavy atom. The summed E-state index contributed by atoms with van der Waals surface area (Å²) in [6.45, 7) is 1.45. The number of nitrogens with zero attached hydrogens (tertiary/aromatic N) is 1. The molecule has 0 aliphatic heterocycles. The van der Waals surface area contributed by atoms with Gasteiger partial charge in [-0.2, -0.15) is 0 Å². The van der Waals surface area contributed by atoms with Crippen LogP contribution in [0.3, 0.4) is 0 Å². The van der Waals surface area contributed by atoms with Gasteiger partial charge in [0, 0.05) is 19.4 Å². The first kappa shape index (κ1) is 7.54. The minimum absolute atomic E-state index is 0.160. The summed E-state index contributed by atoms with van der Waals surface area (Å²) >= 11 is 0. The number of carbonyl (C=O) groups is 1. The third kappa shape index (κ3) is 1.70. The first-order valence-electron chi connectivity index (χ1n) is 3.45. The van der Waals surface area contributed by atoms with Gasteiger partial charge in [0.2, 0.25) is 0 Å². The summed E-state index contributed by atoms with van der Waals surface area (Å²) in [5, 5.41) is 0. The van der Waals surface area contributed by atoms with Gasteiger partial charge in [-0.3, -0.25) is 4.79 Å². The van der Waals surface area contributed by atoms with Crippen molar-refractivity contribution in [3.63, 3.8) is 0 Å². The Morgan fingerprint density at radius 3 is 2.50 bits per heavy atom. The highest BCUT2D eigenvalue weighted by Crippen LogP contribution is 2.29. The second-order valence-corrected chi connectivity index (χ2v) is 2.91. The average Bonchev–Trinajstić information content (AvgIpc) is 2.43. The van der Waals surface area contributed by atoms with Gasteiger partial charge in [-0.15, -0.1) is 0 Å². The zero-order valence-corrected chi connectivity index (χ0v) is 6.63. The van der Waals surface area contributed by atoms with Crippen molar-refractivity contribution in [2.24, 2.45) is 0 Å². The van der Waals surface area contributed by atoms with Crippen molar-refractivity contribution in [1.82, 2.24) is 4.90 Å². The second kappa shape index (κ2) is 2.58. The van der Waals surface area contributed by atoms with E-state index >= 15 is 0 Å². The molecule has 3 nitrogen and oxygen atoms in total. The fraction of sp³-hybridized carbons (Fsp3) is 0.857. The number of esters is 1. The van der Waals surface area contributed by atoms with E-state index in [9.17, 15) is 4.79 Å². The van der Waals surface area contributed by atoms with Gasteiger partial charge in [0.1, 0.15) is 6.10 Å². The van der Waals surface area contributed by atoms with Crippen LogP contribution in [0.2, 0.25) is 0 Å². The number of carbonyl (C=O) groups excluding carboxylic acids is 1. The summed E-state index contributed by atoms with van der Waals surface area (Å²) in [4.78, 5) is 12.5. The highest BCUT2D eigenvalue weighted by molar-refractivity contribution is 5.66. The third-order valence-corrected chi connectivity index (χ3v) is 1.68. The molecular formula is C7H13NO2. The molecule has 0 aromatic heterocycles. The Kier molecular flexibility index (Phi) is 1.94. The van der Waals surface area contributed by atoms with Gasteiger partial charge in [-0.05, 0) is 14.1 Å². The smallest absolute Gasteiger partial charge is 0.302 e. The summed E-state index contributed by atoms with van der Waals surface area (Å²) < 4.78 is 4.95. The lowest BCUT2D eigenvalue weighted by atomic mass is 10.6. The van der Waals surface area contributed by atoms with Crippen LogP contribution in [0.25, 0.3) is 0 Å². The summed E-state index contributed by atoms with van der Waals surface area (Å²) in [7, 11) is 3.99. The van der Waals surface area contributed by atoms with Gasteiger partial charge in [0.15, 0.2) is 0 Å². The van der Waals surface area contributed by atoms with Gasteiger partial charge in [0.25, 0.3) is 0 Å². The molecule has 58 valence electrons. The van der Waals surface area contributed by atoms with Gasteiger partial charge >= 0.3 is 5.97 Å². The van der Waals surface area contributed by atoms with Crippen molar-refractivity contribution >= 4 is 5.97 Å². The normalized spacial score (nSPS) is 30.4. The molecule has 1 aliphatic rings. The number of ether oxygens (including phenoxy) is 1. The quantitative estimate of drug-likeness (QED) is 0.519. The van der Waals surface area contributed by atoms with Crippen LogP contribution in [0.1, 0.15) is 13.3 Å². The molecule has 0 aromatic carbocycles. The zero-order chi connectivity index (χ0) is 7.72. The molecule has 0 N–H and O–H groups in total. The number of rotatable bonds is 2. The Labute approximate surface area is 61.0 Å². The van der Waals surface area contributed by atoms with E-state index in [1.54, 1.807) is 0 Å². The zero-order valence-electron chi connectivity index (χ0n) is 6.63. The maximum Gasteiger partial charge on any atom is 0.302 e. The standard InChI is InChI=1S/C7H13NO2/c1-5(9)10-7-4-6(7)8(2)3/h6-7H,4H2,1-3H3/t6-,7+/m0/s1. The SMILES string of the molecule is CC(=O)O[C@@H]1C[C@@H]1N(C)C. The van der Waals surface area contributed by atoms with Crippen LogP contribution in [0.4, 0.5) is 0 Å². The van der Waals surface area contributed by atoms with E-state index in [0.717, 1.165) is 6.42 Å². The predicted molar refractivity (Wildman–Crippen MR) is 37.6 cm³/mol. The maximum atomic E-state index is 10.4. The van der Waals surface area contributed by atoms with E-state index in [2.05, 4.69) is 4.90 Å². The van der Waals surface area contributed by atoms with Crippen molar-refractivity contribution in [2.75, 3.05) is 14.1 Å². The van der Waals surface area contributed by atoms with Gasteiger partial charge in [0.05, 0.1) is 0 Å². The molecule has 0 unspecified atom stereocenters. The highest BCUT2D eigenvalue weighted by Gasteiger charge is 2.41. The fourth-order valence-corrected chi connectivity index (χ4v) is 1.04. The van der Waals surface area contributed by atoms with Crippen molar-refractivity contribution in [1.29, 1.82) is 0 Å². The summed E-state index contributed by atoms with van der Waals surface area (Å²) in [5.74, 6) is -0.172. The largest absolute Gasteiger partial charge is 0.461 e. The van der Waals surface area contributed by atoms with E-state index in [0.29, 0.717) is 6.04 Å². The van der Waals surface area contributed by atoms with Crippen LogP contribution >= 0.6 is 0 Å². The molecular weight excluding hydrogens is 130 g/mol. The van der Waals surface area contributed by atoms with Crippen molar-refractivity contribution in [3.8, 4) is 0 Å². The Morgan fingerprint density at radius 2 is 2.20 bits per heavy atom. The predicted octanol–water partition coefficient (Wildman–Crippen LogP) is 0.252. The van der Waals surface area contributed by atoms with Crippen molar-refractivity contribution < 1.29 is 9.53 Å². The van der Waals surface area contributed by atoms with Crippen LogP contribution in [0.15, 0.2) is 0 Å². The molecule has 0 bridgehead atoms. The fourth-order valence-electron chi connectivity index (χ4n) is 1.04. The Hall–Kier alpha value is -0.570. The molecule has 0 heterocycles. The number of hydrogen-bond donors (Lipinski definition) is 0. The lowest BCUT2D eigenvalue weighted by molar-refractivity contribution is -0.142. The van der Waals surface area contributed by atoms with Crippen LogP contribution in [-0.2, 0) is 9.53 Å². The molecule has 1 rings (SSSR count). The van der Waals surface area contributed by atoms with Crippen LogP contribution < -0.4 is 0 Å². The van der Waals surface area contributed by atoms with Crippen LogP contribution in [-0.4, -0.2) is 37.1 Å². The first-order chi connectivity index (χ1) is 4.61. The molecule has 1 aliphatic carbocycles. The van der Waals surface area contributed by atoms with Crippen LogP contribution in [0, 0.1) is 0 Å². The molecule has 0 saturated heterocycles.